The van der Waals surface area contributed by atoms with Crippen LogP contribution in [-0.4, -0.2) is 25.0 Å². The second kappa shape index (κ2) is 8.09. The maximum absolute atomic E-state index is 13.1. The summed E-state index contributed by atoms with van der Waals surface area (Å²) in [7, 11) is 1.26. The average molecular weight is 279 g/mol. The maximum atomic E-state index is 13.1. The molecule has 0 aliphatic heterocycles. The molecule has 1 atom stereocenters. The van der Waals surface area contributed by atoms with Crippen LogP contribution in [0.25, 0.3) is 0 Å². The first-order valence-electron chi connectivity index (χ1n) is 6.33. The second-order valence-corrected chi connectivity index (χ2v) is 4.28. The number of carbonyl (C=O) groups excluding carboxylic acids is 2. The lowest BCUT2D eigenvalue weighted by Gasteiger charge is -2.16. The number of rotatable bonds is 7. The third-order valence-corrected chi connectivity index (χ3v) is 2.78. The van der Waals surface area contributed by atoms with E-state index in [1.807, 2.05) is 0 Å². The molecule has 0 aliphatic rings. The summed E-state index contributed by atoms with van der Waals surface area (Å²) in [4.78, 5) is 23.6. The van der Waals surface area contributed by atoms with Crippen LogP contribution in [0.2, 0.25) is 0 Å². The minimum absolute atomic E-state index is 0.169. The molecule has 108 valence electrons. The number of halogens is 1. The van der Waals surface area contributed by atoms with Crippen molar-refractivity contribution in [2.45, 2.75) is 25.3 Å². The van der Waals surface area contributed by atoms with Crippen molar-refractivity contribution >= 4 is 11.9 Å². The summed E-state index contributed by atoms with van der Waals surface area (Å²) in [6.45, 7) is 3.60. The van der Waals surface area contributed by atoms with Crippen molar-refractivity contribution < 1.29 is 18.7 Å². The summed E-state index contributed by atoms with van der Waals surface area (Å²) in [6.07, 6.45) is 3.62. The molecule has 0 radical (unpaired) electrons. The van der Waals surface area contributed by atoms with Gasteiger partial charge in [0.1, 0.15) is 11.9 Å². The Bertz CT molecular complexity index is 488. The monoisotopic (exact) mass is 279 g/mol. The standard InChI is InChI=1S/C15H18FNO3/c1-3-4-5-9-13(15(19)20-2)17-14(18)11-7-6-8-12(16)10-11/h3,6-8,10,13H,1,4-5,9H2,2H3,(H,17,18)/t13-/m1/s1. The first-order chi connectivity index (χ1) is 9.58. The third kappa shape index (κ3) is 4.84. The highest BCUT2D eigenvalue weighted by Gasteiger charge is 2.21. The molecule has 1 N–H and O–H groups in total. The number of esters is 1. The van der Waals surface area contributed by atoms with E-state index in [-0.39, 0.29) is 5.56 Å². The SMILES string of the molecule is C=CCCC[C@@H](NC(=O)c1cccc(F)c1)C(=O)OC. The number of benzene rings is 1. The summed E-state index contributed by atoms with van der Waals surface area (Å²) in [5, 5.41) is 2.56. The van der Waals surface area contributed by atoms with Crippen molar-refractivity contribution in [1.82, 2.24) is 5.32 Å². The van der Waals surface area contributed by atoms with Gasteiger partial charge in [0.05, 0.1) is 7.11 Å². The van der Waals surface area contributed by atoms with Crippen molar-refractivity contribution in [3.8, 4) is 0 Å². The van der Waals surface area contributed by atoms with E-state index in [0.29, 0.717) is 12.8 Å². The number of ether oxygens (including phenoxy) is 1. The lowest BCUT2D eigenvalue weighted by atomic mass is 10.1. The molecule has 20 heavy (non-hydrogen) atoms. The highest BCUT2D eigenvalue weighted by Crippen LogP contribution is 2.07. The molecule has 4 nitrogen and oxygen atoms in total. The van der Waals surface area contributed by atoms with Gasteiger partial charge in [0.15, 0.2) is 0 Å². The molecule has 0 saturated carbocycles. The molecule has 0 aromatic heterocycles. The largest absolute Gasteiger partial charge is 0.467 e. The van der Waals surface area contributed by atoms with E-state index >= 15 is 0 Å². The van der Waals surface area contributed by atoms with Crippen molar-refractivity contribution in [1.29, 1.82) is 0 Å². The van der Waals surface area contributed by atoms with Gasteiger partial charge in [0.25, 0.3) is 5.91 Å². The number of unbranched alkanes of at least 4 members (excludes halogenated alkanes) is 1. The summed E-state index contributed by atoms with van der Waals surface area (Å²) in [6, 6.07) is 4.55. The van der Waals surface area contributed by atoms with E-state index in [2.05, 4.69) is 16.6 Å². The van der Waals surface area contributed by atoms with Gasteiger partial charge >= 0.3 is 5.97 Å². The molecular formula is C15H18FNO3. The maximum Gasteiger partial charge on any atom is 0.328 e. The van der Waals surface area contributed by atoms with Crippen LogP contribution < -0.4 is 5.32 Å². The van der Waals surface area contributed by atoms with Gasteiger partial charge in [-0.3, -0.25) is 4.79 Å². The first kappa shape index (κ1) is 15.9. The van der Waals surface area contributed by atoms with Crippen LogP contribution in [0.5, 0.6) is 0 Å². The van der Waals surface area contributed by atoms with Crippen LogP contribution in [0.4, 0.5) is 4.39 Å². The predicted octanol–water partition coefficient (Wildman–Crippen LogP) is 2.45. The quantitative estimate of drug-likeness (QED) is 0.474. The van der Waals surface area contributed by atoms with Crippen molar-refractivity contribution in [3.05, 3.63) is 48.3 Å². The topological polar surface area (TPSA) is 55.4 Å². The second-order valence-electron chi connectivity index (χ2n) is 4.28. The molecule has 1 aromatic rings. The zero-order valence-corrected chi connectivity index (χ0v) is 11.4. The fraction of sp³-hybridized carbons (Fsp3) is 0.333. The molecule has 0 aliphatic carbocycles. The first-order valence-corrected chi connectivity index (χ1v) is 6.33. The minimum Gasteiger partial charge on any atom is -0.467 e. The van der Waals surface area contributed by atoms with Crippen LogP contribution >= 0.6 is 0 Å². The number of methoxy groups -OCH3 is 1. The molecule has 5 heteroatoms. The van der Waals surface area contributed by atoms with Gasteiger partial charge < -0.3 is 10.1 Å². The molecule has 0 spiro atoms. The van der Waals surface area contributed by atoms with Gasteiger partial charge in [-0.05, 0) is 37.5 Å². The lowest BCUT2D eigenvalue weighted by Crippen LogP contribution is -2.41. The van der Waals surface area contributed by atoms with Gasteiger partial charge in [0.2, 0.25) is 0 Å². The van der Waals surface area contributed by atoms with Crippen LogP contribution in [-0.2, 0) is 9.53 Å². The number of carbonyl (C=O) groups is 2. The Kier molecular flexibility index (Phi) is 6.43. The normalized spacial score (nSPS) is 11.5. The van der Waals surface area contributed by atoms with E-state index < -0.39 is 23.7 Å². The predicted molar refractivity (Wildman–Crippen MR) is 73.7 cm³/mol. The van der Waals surface area contributed by atoms with Crippen molar-refractivity contribution in [3.63, 3.8) is 0 Å². The Morgan fingerprint density at radius 1 is 1.50 bits per heavy atom. The van der Waals surface area contributed by atoms with Gasteiger partial charge in [-0.25, -0.2) is 9.18 Å². The average Bonchev–Trinajstić information content (AvgIpc) is 2.45. The van der Waals surface area contributed by atoms with E-state index in [4.69, 9.17) is 0 Å². The number of amides is 1. The number of nitrogens with one attached hydrogen (secondary N) is 1. The van der Waals surface area contributed by atoms with Crippen molar-refractivity contribution in [2.75, 3.05) is 7.11 Å². The van der Waals surface area contributed by atoms with Crippen molar-refractivity contribution in [2.24, 2.45) is 0 Å². The molecule has 0 bridgehead atoms. The van der Waals surface area contributed by atoms with Crippen LogP contribution in [0, 0.1) is 5.82 Å². The Morgan fingerprint density at radius 2 is 2.25 bits per heavy atom. The lowest BCUT2D eigenvalue weighted by molar-refractivity contribution is -0.143. The Hall–Kier alpha value is -2.17. The molecule has 0 heterocycles. The molecule has 0 fully saturated rings. The van der Waals surface area contributed by atoms with Crippen LogP contribution in [0.3, 0.4) is 0 Å². The van der Waals surface area contributed by atoms with E-state index in [9.17, 15) is 14.0 Å². The molecule has 0 saturated heterocycles. The van der Waals surface area contributed by atoms with Gasteiger partial charge in [-0.15, -0.1) is 6.58 Å². The van der Waals surface area contributed by atoms with Gasteiger partial charge in [-0.2, -0.15) is 0 Å². The zero-order valence-electron chi connectivity index (χ0n) is 11.4. The molecule has 1 rings (SSSR count). The number of hydrogen-bond donors (Lipinski definition) is 1. The van der Waals surface area contributed by atoms with Gasteiger partial charge in [-0.1, -0.05) is 12.1 Å². The van der Waals surface area contributed by atoms with E-state index in [1.165, 1.54) is 25.3 Å². The molecule has 0 unspecified atom stereocenters. The Balaban J connectivity index is 2.70. The smallest absolute Gasteiger partial charge is 0.328 e. The zero-order chi connectivity index (χ0) is 15.0. The number of allylic oxidation sites excluding steroid dienone is 1. The summed E-state index contributed by atoms with van der Waals surface area (Å²) >= 11 is 0. The molecule has 1 amide bonds. The summed E-state index contributed by atoms with van der Waals surface area (Å²) in [5.74, 6) is -1.52. The van der Waals surface area contributed by atoms with Crippen LogP contribution in [0.15, 0.2) is 36.9 Å². The Labute approximate surface area is 117 Å². The highest BCUT2D eigenvalue weighted by atomic mass is 19.1. The summed E-state index contributed by atoms with van der Waals surface area (Å²) in [5.41, 5.74) is 0.169. The summed E-state index contributed by atoms with van der Waals surface area (Å²) < 4.78 is 17.7. The van der Waals surface area contributed by atoms with E-state index in [0.717, 1.165) is 12.5 Å². The minimum atomic E-state index is -0.740. The van der Waals surface area contributed by atoms with E-state index in [1.54, 1.807) is 6.08 Å². The Morgan fingerprint density at radius 3 is 2.85 bits per heavy atom. The van der Waals surface area contributed by atoms with Gasteiger partial charge in [0, 0.05) is 5.56 Å². The third-order valence-electron chi connectivity index (χ3n) is 2.78. The fourth-order valence-corrected chi connectivity index (χ4v) is 1.73. The number of hydrogen-bond acceptors (Lipinski definition) is 3. The molecule has 1 aromatic carbocycles. The fourth-order valence-electron chi connectivity index (χ4n) is 1.73. The molecular weight excluding hydrogens is 261 g/mol. The highest BCUT2D eigenvalue weighted by molar-refractivity contribution is 5.96. The van der Waals surface area contributed by atoms with Crippen LogP contribution in [0.1, 0.15) is 29.6 Å².